The molecule has 0 aromatic carbocycles. The third kappa shape index (κ3) is 3.86. The summed E-state index contributed by atoms with van der Waals surface area (Å²) in [6, 6.07) is 8.44. The Kier molecular flexibility index (Phi) is 5.23. The molecule has 0 unspecified atom stereocenters. The molecule has 3 aromatic rings. The van der Waals surface area contributed by atoms with Crippen molar-refractivity contribution in [2.75, 3.05) is 12.4 Å². The van der Waals surface area contributed by atoms with Crippen LogP contribution in [0.5, 0.6) is 5.88 Å². The molecule has 0 fully saturated rings. The predicted molar refractivity (Wildman–Crippen MR) is 95.6 cm³/mol. The molecule has 0 aliphatic carbocycles. The average molecular weight is 372 g/mol. The Balaban J connectivity index is 1.84. The van der Waals surface area contributed by atoms with Gasteiger partial charge in [-0.15, -0.1) is 0 Å². The van der Waals surface area contributed by atoms with Crippen LogP contribution in [0.4, 0.5) is 5.69 Å². The first-order valence-electron chi connectivity index (χ1n) is 7.54. The maximum atomic E-state index is 12.6. The molecule has 132 valence electrons. The lowest BCUT2D eigenvalue weighted by molar-refractivity contribution is 0.102. The Morgan fingerprint density at radius 2 is 2.15 bits per heavy atom. The summed E-state index contributed by atoms with van der Waals surface area (Å²) in [6.07, 6.45) is 4.12. The van der Waals surface area contributed by atoms with E-state index in [4.69, 9.17) is 16.3 Å². The Hall–Kier alpha value is -3.26. The Labute approximate surface area is 153 Å². The number of rotatable bonds is 5. The number of hydrogen-bond acceptors (Lipinski definition) is 6. The maximum absolute atomic E-state index is 12.6. The van der Waals surface area contributed by atoms with E-state index < -0.39 is 5.91 Å². The summed E-state index contributed by atoms with van der Waals surface area (Å²) in [5.41, 5.74) is 0.366. The SMILES string of the molecule is COc1cccc(Cn2cccc(NC(=O)c3ncncc3Cl)c2=O)n1. The fourth-order valence-corrected chi connectivity index (χ4v) is 2.44. The van der Waals surface area contributed by atoms with Crippen molar-refractivity contribution in [3.8, 4) is 5.88 Å². The summed E-state index contributed by atoms with van der Waals surface area (Å²) in [4.78, 5) is 36.7. The summed E-state index contributed by atoms with van der Waals surface area (Å²) in [6.45, 7) is 0.230. The highest BCUT2D eigenvalue weighted by Crippen LogP contribution is 2.13. The molecule has 0 spiro atoms. The summed E-state index contributed by atoms with van der Waals surface area (Å²) in [5.74, 6) is -0.134. The molecule has 8 nitrogen and oxygen atoms in total. The van der Waals surface area contributed by atoms with Crippen LogP contribution in [0.25, 0.3) is 0 Å². The number of carbonyl (C=O) groups excluding carboxylic acids is 1. The number of carbonyl (C=O) groups is 1. The molecule has 0 saturated heterocycles. The van der Waals surface area contributed by atoms with Gasteiger partial charge in [-0.25, -0.2) is 15.0 Å². The van der Waals surface area contributed by atoms with Crippen molar-refractivity contribution < 1.29 is 9.53 Å². The molecule has 0 aliphatic rings. The Bertz CT molecular complexity index is 1010. The van der Waals surface area contributed by atoms with Crippen LogP contribution in [0.2, 0.25) is 5.02 Å². The fraction of sp³-hybridized carbons (Fsp3) is 0.118. The van der Waals surface area contributed by atoms with Gasteiger partial charge in [0, 0.05) is 18.5 Å². The van der Waals surface area contributed by atoms with E-state index in [1.54, 1.807) is 30.5 Å². The summed E-state index contributed by atoms with van der Waals surface area (Å²) in [5, 5.41) is 2.62. The van der Waals surface area contributed by atoms with Crippen molar-refractivity contribution >= 4 is 23.2 Å². The van der Waals surface area contributed by atoms with Crippen molar-refractivity contribution in [2.24, 2.45) is 0 Å². The molecular formula is C17H14ClN5O3. The van der Waals surface area contributed by atoms with E-state index in [1.807, 2.05) is 0 Å². The van der Waals surface area contributed by atoms with Gasteiger partial charge in [-0.05, 0) is 18.2 Å². The first-order chi connectivity index (χ1) is 12.6. The minimum absolute atomic E-state index is 0.00840. The molecule has 1 N–H and O–H groups in total. The lowest BCUT2D eigenvalue weighted by atomic mass is 10.3. The molecule has 3 heterocycles. The molecular weight excluding hydrogens is 358 g/mol. The van der Waals surface area contributed by atoms with Crippen molar-refractivity contribution in [3.05, 3.63) is 75.8 Å². The number of amides is 1. The van der Waals surface area contributed by atoms with Crippen molar-refractivity contribution in [1.82, 2.24) is 19.5 Å². The Morgan fingerprint density at radius 1 is 1.31 bits per heavy atom. The molecule has 3 rings (SSSR count). The third-order valence-corrected chi connectivity index (χ3v) is 3.75. The quantitative estimate of drug-likeness (QED) is 0.736. The first-order valence-corrected chi connectivity index (χ1v) is 7.92. The van der Waals surface area contributed by atoms with Crippen LogP contribution in [-0.4, -0.2) is 32.5 Å². The fourth-order valence-electron chi connectivity index (χ4n) is 2.25. The van der Waals surface area contributed by atoms with Crippen LogP contribution in [-0.2, 0) is 6.54 Å². The van der Waals surface area contributed by atoms with Gasteiger partial charge in [0.05, 0.1) is 24.4 Å². The second-order valence-corrected chi connectivity index (χ2v) is 5.61. The van der Waals surface area contributed by atoms with Crippen molar-refractivity contribution in [2.45, 2.75) is 6.54 Å². The van der Waals surface area contributed by atoms with Crippen LogP contribution in [0.1, 0.15) is 16.2 Å². The average Bonchev–Trinajstić information content (AvgIpc) is 2.65. The van der Waals surface area contributed by atoms with Crippen LogP contribution < -0.4 is 15.6 Å². The van der Waals surface area contributed by atoms with Crippen LogP contribution >= 0.6 is 11.6 Å². The number of nitrogens with zero attached hydrogens (tertiary/aromatic N) is 4. The minimum atomic E-state index is -0.591. The van der Waals surface area contributed by atoms with E-state index in [0.717, 1.165) is 0 Å². The lowest BCUT2D eigenvalue weighted by Gasteiger charge is -2.10. The second kappa shape index (κ2) is 7.75. The van der Waals surface area contributed by atoms with E-state index in [2.05, 4.69) is 20.3 Å². The summed E-state index contributed by atoms with van der Waals surface area (Å²) in [7, 11) is 1.52. The molecule has 3 aromatic heterocycles. The highest BCUT2D eigenvalue weighted by molar-refractivity contribution is 6.33. The standard InChI is InChI=1S/C17H14ClN5O3/c1-26-14-6-2-4-11(21-14)9-23-7-3-5-13(17(23)25)22-16(24)15-12(18)8-19-10-20-15/h2-8,10H,9H2,1H3,(H,22,24). The van der Waals surface area contributed by atoms with Gasteiger partial charge in [0.2, 0.25) is 5.88 Å². The number of nitrogens with one attached hydrogen (secondary N) is 1. The van der Waals surface area contributed by atoms with Crippen LogP contribution in [0.15, 0.2) is 53.8 Å². The van der Waals surface area contributed by atoms with E-state index in [9.17, 15) is 9.59 Å². The Morgan fingerprint density at radius 3 is 2.92 bits per heavy atom. The molecule has 0 atom stereocenters. The number of aromatic nitrogens is 4. The molecule has 26 heavy (non-hydrogen) atoms. The number of ether oxygens (including phenoxy) is 1. The molecule has 0 aliphatic heterocycles. The van der Waals surface area contributed by atoms with Crippen molar-refractivity contribution in [1.29, 1.82) is 0 Å². The number of pyridine rings is 2. The molecule has 0 bridgehead atoms. The largest absolute Gasteiger partial charge is 0.481 e. The van der Waals surface area contributed by atoms with Gasteiger partial charge in [0.1, 0.15) is 17.7 Å². The second-order valence-electron chi connectivity index (χ2n) is 5.20. The van der Waals surface area contributed by atoms with Crippen molar-refractivity contribution in [3.63, 3.8) is 0 Å². The van der Waals surface area contributed by atoms with E-state index in [-0.39, 0.29) is 28.5 Å². The zero-order valence-corrected chi connectivity index (χ0v) is 14.5. The smallest absolute Gasteiger partial charge is 0.276 e. The van der Waals surface area contributed by atoms with E-state index in [1.165, 1.54) is 30.3 Å². The van der Waals surface area contributed by atoms with Crippen LogP contribution in [0, 0.1) is 0 Å². The van der Waals surface area contributed by atoms with Gasteiger partial charge in [-0.1, -0.05) is 17.7 Å². The van der Waals surface area contributed by atoms with Gasteiger partial charge < -0.3 is 14.6 Å². The highest BCUT2D eigenvalue weighted by Gasteiger charge is 2.14. The van der Waals surface area contributed by atoms with E-state index in [0.29, 0.717) is 11.6 Å². The summed E-state index contributed by atoms with van der Waals surface area (Å²) >= 11 is 5.90. The van der Waals surface area contributed by atoms with Gasteiger partial charge >= 0.3 is 0 Å². The zero-order chi connectivity index (χ0) is 18.5. The number of anilines is 1. The topological polar surface area (TPSA) is 99.0 Å². The third-order valence-electron chi connectivity index (χ3n) is 3.47. The number of hydrogen-bond donors (Lipinski definition) is 1. The maximum Gasteiger partial charge on any atom is 0.276 e. The van der Waals surface area contributed by atoms with Gasteiger partial charge in [-0.2, -0.15) is 0 Å². The molecule has 1 amide bonds. The van der Waals surface area contributed by atoms with Gasteiger partial charge in [0.25, 0.3) is 11.5 Å². The minimum Gasteiger partial charge on any atom is -0.481 e. The molecule has 0 radical (unpaired) electrons. The molecule has 0 saturated carbocycles. The zero-order valence-electron chi connectivity index (χ0n) is 13.7. The van der Waals surface area contributed by atoms with E-state index >= 15 is 0 Å². The van der Waals surface area contributed by atoms with Gasteiger partial charge in [-0.3, -0.25) is 9.59 Å². The van der Waals surface area contributed by atoms with Crippen LogP contribution in [0.3, 0.4) is 0 Å². The number of methoxy groups -OCH3 is 1. The van der Waals surface area contributed by atoms with Gasteiger partial charge in [0.15, 0.2) is 0 Å². The summed E-state index contributed by atoms with van der Waals surface area (Å²) < 4.78 is 6.51. The molecule has 9 heteroatoms. The monoisotopic (exact) mass is 371 g/mol. The predicted octanol–water partition coefficient (Wildman–Crippen LogP) is 2.00. The number of halogens is 1. The lowest BCUT2D eigenvalue weighted by Crippen LogP contribution is -2.26. The normalized spacial score (nSPS) is 10.4. The highest BCUT2D eigenvalue weighted by atomic mass is 35.5. The first kappa shape index (κ1) is 17.6.